The Morgan fingerprint density at radius 2 is 1.60 bits per heavy atom. The number of ketones is 1. The van der Waals surface area contributed by atoms with Crippen LogP contribution in [0.5, 0.6) is 0 Å². The number of benzene rings is 3. The molecule has 3 aromatic carbocycles. The monoisotopic (exact) mass is 323 g/mol. The summed E-state index contributed by atoms with van der Waals surface area (Å²) < 4.78 is 0. The summed E-state index contributed by atoms with van der Waals surface area (Å²) >= 11 is 0. The highest BCUT2D eigenvalue weighted by Gasteiger charge is 2.19. The van der Waals surface area contributed by atoms with Crippen LogP contribution < -0.4 is 0 Å². The molecule has 0 radical (unpaired) electrons. The number of hydrogen-bond acceptors (Lipinski definition) is 2. The maximum absolute atomic E-state index is 13.4. The van der Waals surface area contributed by atoms with E-state index in [-0.39, 0.29) is 5.78 Å². The van der Waals surface area contributed by atoms with E-state index < -0.39 is 0 Å². The van der Waals surface area contributed by atoms with Crippen molar-refractivity contribution in [2.45, 2.75) is 6.92 Å². The first-order valence-corrected chi connectivity index (χ1v) is 8.28. The Morgan fingerprint density at radius 3 is 2.40 bits per heavy atom. The number of fused-ring (bicyclic) bond motifs is 1. The average molecular weight is 323 g/mol. The summed E-state index contributed by atoms with van der Waals surface area (Å²) in [6, 6.07) is 25.5. The second-order valence-electron chi connectivity index (χ2n) is 6.13. The predicted octanol–water partition coefficient (Wildman–Crippen LogP) is 5.44. The first kappa shape index (κ1) is 15.3. The molecule has 0 unspecified atom stereocenters. The van der Waals surface area contributed by atoms with Crippen molar-refractivity contribution in [1.82, 2.24) is 4.98 Å². The SMILES string of the molecule is Cc1cccc(C(=O)c2c(-c3ccccc3)ncc3ccccc23)c1. The van der Waals surface area contributed by atoms with Crippen LogP contribution in [-0.2, 0) is 0 Å². The minimum absolute atomic E-state index is 0.00635. The minimum Gasteiger partial charge on any atom is -0.289 e. The van der Waals surface area contributed by atoms with Gasteiger partial charge in [0.25, 0.3) is 0 Å². The lowest BCUT2D eigenvalue weighted by Crippen LogP contribution is -2.06. The number of carbonyl (C=O) groups is 1. The summed E-state index contributed by atoms with van der Waals surface area (Å²) in [7, 11) is 0. The van der Waals surface area contributed by atoms with Crippen LogP contribution in [0.15, 0.2) is 85.1 Å². The number of rotatable bonds is 3. The first-order valence-electron chi connectivity index (χ1n) is 8.28. The van der Waals surface area contributed by atoms with Crippen molar-refractivity contribution in [3.8, 4) is 11.3 Å². The van der Waals surface area contributed by atoms with E-state index in [1.54, 1.807) is 0 Å². The molecule has 0 bridgehead atoms. The Balaban J connectivity index is 2.01. The first-order chi connectivity index (χ1) is 12.2. The maximum atomic E-state index is 13.4. The van der Waals surface area contributed by atoms with Crippen molar-refractivity contribution in [3.05, 3.63) is 102 Å². The van der Waals surface area contributed by atoms with E-state index in [9.17, 15) is 4.79 Å². The molecule has 2 nitrogen and oxygen atoms in total. The number of aromatic nitrogens is 1. The van der Waals surface area contributed by atoms with Gasteiger partial charge in [-0.1, -0.05) is 78.4 Å². The van der Waals surface area contributed by atoms with Crippen LogP contribution in [0.4, 0.5) is 0 Å². The van der Waals surface area contributed by atoms with Crippen molar-refractivity contribution < 1.29 is 4.79 Å². The van der Waals surface area contributed by atoms with Crippen molar-refractivity contribution in [2.24, 2.45) is 0 Å². The van der Waals surface area contributed by atoms with E-state index in [0.29, 0.717) is 11.1 Å². The maximum Gasteiger partial charge on any atom is 0.195 e. The molecule has 1 aromatic heterocycles. The molecule has 120 valence electrons. The van der Waals surface area contributed by atoms with E-state index in [2.05, 4.69) is 4.98 Å². The molecule has 0 atom stereocenters. The van der Waals surface area contributed by atoms with Crippen LogP contribution in [-0.4, -0.2) is 10.8 Å². The van der Waals surface area contributed by atoms with Crippen LogP contribution in [0.2, 0.25) is 0 Å². The average Bonchev–Trinajstić information content (AvgIpc) is 2.67. The molecule has 2 heteroatoms. The Morgan fingerprint density at radius 1 is 0.840 bits per heavy atom. The largest absolute Gasteiger partial charge is 0.289 e. The van der Waals surface area contributed by atoms with E-state index in [1.165, 1.54) is 0 Å². The summed E-state index contributed by atoms with van der Waals surface area (Å²) in [4.78, 5) is 18.0. The third kappa shape index (κ3) is 2.83. The normalized spacial score (nSPS) is 10.8. The van der Waals surface area contributed by atoms with E-state index in [4.69, 9.17) is 0 Å². The third-order valence-corrected chi connectivity index (χ3v) is 4.35. The summed E-state index contributed by atoms with van der Waals surface area (Å²) in [5.41, 5.74) is 4.10. The molecule has 0 fully saturated rings. The molecule has 0 saturated carbocycles. The van der Waals surface area contributed by atoms with Gasteiger partial charge >= 0.3 is 0 Å². The molecule has 0 amide bonds. The molecule has 4 aromatic rings. The fraction of sp³-hybridized carbons (Fsp3) is 0.0435. The second-order valence-corrected chi connectivity index (χ2v) is 6.13. The van der Waals surface area contributed by atoms with Gasteiger partial charge in [-0.25, -0.2) is 0 Å². The van der Waals surface area contributed by atoms with Gasteiger partial charge in [0.2, 0.25) is 0 Å². The highest BCUT2D eigenvalue weighted by molar-refractivity contribution is 6.19. The number of pyridine rings is 1. The van der Waals surface area contributed by atoms with Gasteiger partial charge in [0.15, 0.2) is 5.78 Å². The molecule has 25 heavy (non-hydrogen) atoms. The topological polar surface area (TPSA) is 30.0 Å². The van der Waals surface area contributed by atoms with Gasteiger partial charge < -0.3 is 0 Å². The number of nitrogens with zero attached hydrogens (tertiary/aromatic N) is 1. The van der Waals surface area contributed by atoms with Crippen LogP contribution in [0, 0.1) is 6.92 Å². The van der Waals surface area contributed by atoms with Gasteiger partial charge in [0.1, 0.15) is 0 Å². The summed E-state index contributed by atoms with van der Waals surface area (Å²) in [5.74, 6) is 0.00635. The lowest BCUT2D eigenvalue weighted by atomic mass is 9.93. The summed E-state index contributed by atoms with van der Waals surface area (Å²) in [6.07, 6.45) is 1.84. The second kappa shape index (κ2) is 6.33. The van der Waals surface area contributed by atoms with Crippen molar-refractivity contribution >= 4 is 16.6 Å². The molecule has 1 heterocycles. The number of carbonyl (C=O) groups excluding carboxylic acids is 1. The zero-order valence-electron chi connectivity index (χ0n) is 13.9. The van der Waals surface area contributed by atoms with E-state index in [1.807, 2.05) is 92.0 Å². The standard InChI is InChI=1S/C23H17NO/c1-16-8-7-12-18(14-16)23(25)21-20-13-6-5-11-19(20)15-24-22(21)17-9-3-2-4-10-17/h2-15H,1H3. The molecule has 0 aliphatic carbocycles. The van der Waals surface area contributed by atoms with Gasteiger partial charge in [-0.2, -0.15) is 0 Å². The fourth-order valence-corrected chi connectivity index (χ4v) is 3.14. The zero-order chi connectivity index (χ0) is 17.2. The molecule has 0 spiro atoms. The minimum atomic E-state index is 0.00635. The molecule has 0 saturated heterocycles. The van der Waals surface area contributed by atoms with Gasteiger partial charge in [-0.3, -0.25) is 9.78 Å². The molecular weight excluding hydrogens is 306 g/mol. The third-order valence-electron chi connectivity index (χ3n) is 4.35. The van der Waals surface area contributed by atoms with Crippen molar-refractivity contribution in [1.29, 1.82) is 0 Å². The van der Waals surface area contributed by atoms with E-state index >= 15 is 0 Å². The van der Waals surface area contributed by atoms with Gasteiger partial charge in [-0.05, 0) is 18.4 Å². The van der Waals surface area contributed by atoms with Crippen LogP contribution in [0.25, 0.3) is 22.0 Å². The Bertz CT molecular complexity index is 1070. The lowest BCUT2D eigenvalue weighted by molar-refractivity contribution is 0.104. The zero-order valence-corrected chi connectivity index (χ0v) is 13.9. The number of aryl methyl sites for hydroxylation is 1. The van der Waals surface area contributed by atoms with Crippen LogP contribution >= 0.6 is 0 Å². The van der Waals surface area contributed by atoms with Gasteiger partial charge in [-0.15, -0.1) is 0 Å². The summed E-state index contributed by atoms with van der Waals surface area (Å²) in [6.45, 7) is 2.00. The quantitative estimate of drug-likeness (QED) is 0.470. The smallest absolute Gasteiger partial charge is 0.195 e. The molecule has 0 N–H and O–H groups in total. The molecule has 0 aliphatic rings. The Hall–Kier alpha value is -3.26. The van der Waals surface area contributed by atoms with Gasteiger partial charge in [0, 0.05) is 22.7 Å². The Kier molecular flexibility index (Phi) is 3.87. The van der Waals surface area contributed by atoms with Crippen LogP contribution in [0.1, 0.15) is 21.5 Å². The predicted molar refractivity (Wildman–Crippen MR) is 102 cm³/mol. The van der Waals surface area contributed by atoms with Crippen molar-refractivity contribution in [3.63, 3.8) is 0 Å². The lowest BCUT2D eigenvalue weighted by Gasteiger charge is -2.12. The highest BCUT2D eigenvalue weighted by Crippen LogP contribution is 2.30. The van der Waals surface area contributed by atoms with Crippen LogP contribution in [0.3, 0.4) is 0 Å². The fourth-order valence-electron chi connectivity index (χ4n) is 3.14. The van der Waals surface area contributed by atoms with E-state index in [0.717, 1.165) is 27.6 Å². The summed E-state index contributed by atoms with van der Waals surface area (Å²) in [5, 5.41) is 1.90. The number of hydrogen-bond donors (Lipinski definition) is 0. The molecule has 4 rings (SSSR count). The molecule has 0 aliphatic heterocycles. The van der Waals surface area contributed by atoms with Gasteiger partial charge in [0.05, 0.1) is 11.3 Å². The highest BCUT2D eigenvalue weighted by atomic mass is 16.1. The van der Waals surface area contributed by atoms with Crippen molar-refractivity contribution in [2.75, 3.05) is 0 Å². The molecular formula is C23H17NO. The Labute approximate surface area is 146 Å².